The van der Waals surface area contributed by atoms with Gasteiger partial charge in [0, 0.05) is 10.6 Å². The maximum atomic E-state index is 12.2. The summed E-state index contributed by atoms with van der Waals surface area (Å²) in [5, 5.41) is 14.1. The summed E-state index contributed by atoms with van der Waals surface area (Å²) >= 11 is 5.98. The van der Waals surface area contributed by atoms with Crippen LogP contribution in [0.3, 0.4) is 0 Å². The second-order valence-electron chi connectivity index (χ2n) is 4.56. The number of anilines is 1. The largest absolute Gasteiger partial charge is 0.496 e. The molecule has 0 saturated heterocycles. The monoisotopic (exact) mass is 320 g/mol. The van der Waals surface area contributed by atoms with Crippen molar-refractivity contribution >= 4 is 28.9 Å². The zero-order chi connectivity index (χ0) is 16.3. The molecule has 1 N–H and O–H groups in total. The van der Waals surface area contributed by atoms with Gasteiger partial charge in [-0.3, -0.25) is 14.9 Å². The molecule has 2 aromatic carbocycles. The number of carbonyl (C=O) groups is 1. The number of nitro groups is 1. The highest BCUT2D eigenvalue weighted by molar-refractivity contribution is 6.31. The van der Waals surface area contributed by atoms with E-state index < -0.39 is 10.8 Å². The molecule has 114 valence electrons. The molecule has 2 rings (SSSR count). The average Bonchev–Trinajstić information content (AvgIpc) is 2.50. The lowest BCUT2D eigenvalue weighted by Gasteiger charge is -2.08. The van der Waals surface area contributed by atoms with Crippen LogP contribution in [-0.2, 0) is 0 Å². The lowest BCUT2D eigenvalue weighted by Crippen LogP contribution is -2.13. The number of ether oxygens (including phenoxy) is 1. The number of benzene rings is 2. The van der Waals surface area contributed by atoms with Gasteiger partial charge in [-0.15, -0.1) is 0 Å². The number of nitro benzene ring substituents is 1. The second kappa shape index (κ2) is 6.44. The number of nitrogens with one attached hydrogen (secondary N) is 1. The van der Waals surface area contributed by atoms with E-state index in [2.05, 4.69) is 5.32 Å². The number of hydrogen-bond donors (Lipinski definition) is 1. The Bertz CT molecular complexity index is 746. The van der Waals surface area contributed by atoms with Gasteiger partial charge < -0.3 is 10.1 Å². The SMILES string of the molecule is COc1ccc(NC(=O)c2ccc(C)c(Cl)c2)c([N+](=O)[O-])c1. The maximum absolute atomic E-state index is 12.2. The predicted molar refractivity (Wildman–Crippen MR) is 83.8 cm³/mol. The fourth-order valence-electron chi connectivity index (χ4n) is 1.82. The first-order chi connectivity index (χ1) is 10.4. The summed E-state index contributed by atoms with van der Waals surface area (Å²) in [5.74, 6) is -0.141. The van der Waals surface area contributed by atoms with E-state index >= 15 is 0 Å². The van der Waals surface area contributed by atoms with E-state index in [1.807, 2.05) is 6.92 Å². The highest BCUT2D eigenvalue weighted by Crippen LogP contribution is 2.29. The first-order valence-corrected chi connectivity index (χ1v) is 6.70. The van der Waals surface area contributed by atoms with Crippen LogP contribution in [0.25, 0.3) is 0 Å². The molecule has 6 nitrogen and oxygen atoms in total. The molecule has 7 heteroatoms. The van der Waals surface area contributed by atoms with Crippen LogP contribution in [0.2, 0.25) is 5.02 Å². The van der Waals surface area contributed by atoms with Gasteiger partial charge in [-0.1, -0.05) is 17.7 Å². The van der Waals surface area contributed by atoms with Crippen molar-refractivity contribution in [2.45, 2.75) is 6.92 Å². The Morgan fingerprint density at radius 2 is 2.00 bits per heavy atom. The summed E-state index contributed by atoms with van der Waals surface area (Å²) in [5.41, 5.74) is 1.01. The number of hydrogen-bond acceptors (Lipinski definition) is 4. The molecule has 2 aromatic rings. The van der Waals surface area contributed by atoms with Crippen LogP contribution in [0.5, 0.6) is 5.75 Å². The number of nitrogens with zero attached hydrogens (tertiary/aromatic N) is 1. The molecule has 0 atom stereocenters. The molecule has 0 aliphatic heterocycles. The van der Waals surface area contributed by atoms with Crippen LogP contribution in [0.15, 0.2) is 36.4 Å². The van der Waals surface area contributed by atoms with Gasteiger partial charge in [0.05, 0.1) is 18.1 Å². The van der Waals surface area contributed by atoms with Gasteiger partial charge in [-0.25, -0.2) is 0 Å². The van der Waals surface area contributed by atoms with Crippen molar-refractivity contribution in [2.24, 2.45) is 0 Å². The zero-order valence-corrected chi connectivity index (χ0v) is 12.7. The lowest BCUT2D eigenvalue weighted by molar-refractivity contribution is -0.384. The molecular formula is C15H13ClN2O4. The minimum atomic E-state index is -0.583. The van der Waals surface area contributed by atoms with E-state index in [0.29, 0.717) is 16.3 Å². The first kappa shape index (κ1) is 15.8. The van der Waals surface area contributed by atoms with E-state index in [-0.39, 0.29) is 11.4 Å². The van der Waals surface area contributed by atoms with Gasteiger partial charge >= 0.3 is 0 Å². The maximum Gasteiger partial charge on any atom is 0.296 e. The molecule has 0 radical (unpaired) electrons. The highest BCUT2D eigenvalue weighted by atomic mass is 35.5. The number of carbonyl (C=O) groups excluding carboxylic acids is 1. The van der Waals surface area contributed by atoms with E-state index in [0.717, 1.165) is 5.56 Å². The third-order valence-electron chi connectivity index (χ3n) is 3.08. The van der Waals surface area contributed by atoms with Gasteiger partial charge in [0.1, 0.15) is 11.4 Å². The van der Waals surface area contributed by atoms with E-state index in [1.54, 1.807) is 12.1 Å². The molecule has 1 amide bonds. The summed E-state index contributed by atoms with van der Waals surface area (Å²) in [6.45, 7) is 1.82. The molecule has 0 saturated carbocycles. The third-order valence-corrected chi connectivity index (χ3v) is 3.49. The van der Waals surface area contributed by atoms with Crippen LogP contribution < -0.4 is 10.1 Å². The normalized spacial score (nSPS) is 10.1. The number of halogens is 1. The van der Waals surface area contributed by atoms with E-state index in [4.69, 9.17) is 16.3 Å². The summed E-state index contributed by atoms with van der Waals surface area (Å²) in [4.78, 5) is 22.7. The Morgan fingerprint density at radius 1 is 1.27 bits per heavy atom. The molecule has 0 unspecified atom stereocenters. The van der Waals surface area contributed by atoms with Gasteiger partial charge in [-0.2, -0.15) is 0 Å². The molecule has 0 fully saturated rings. The topological polar surface area (TPSA) is 81.5 Å². The molecule has 0 aromatic heterocycles. The molecule has 0 heterocycles. The van der Waals surface area contributed by atoms with Crippen LogP contribution in [0, 0.1) is 17.0 Å². The number of amides is 1. The van der Waals surface area contributed by atoms with E-state index in [1.165, 1.54) is 31.4 Å². The molecule has 0 spiro atoms. The Balaban J connectivity index is 2.31. The molecule has 0 aliphatic rings. The van der Waals surface area contributed by atoms with Gasteiger partial charge in [0.15, 0.2) is 0 Å². The minimum absolute atomic E-state index is 0.0903. The Kier molecular flexibility index (Phi) is 4.62. The van der Waals surface area contributed by atoms with Crippen molar-refractivity contribution in [3.05, 3.63) is 62.7 Å². The van der Waals surface area contributed by atoms with Crippen molar-refractivity contribution in [3.8, 4) is 5.75 Å². The number of rotatable bonds is 4. The summed E-state index contributed by atoms with van der Waals surface area (Å²) < 4.78 is 4.94. The van der Waals surface area contributed by atoms with Gasteiger partial charge in [0.25, 0.3) is 11.6 Å². The molecule has 0 aliphatic carbocycles. The summed E-state index contributed by atoms with van der Waals surface area (Å²) in [6.07, 6.45) is 0. The minimum Gasteiger partial charge on any atom is -0.496 e. The molecule has 0 bridgehead atoms. The highest BCUT2D eigenvalue weighted by Gasteiger charge is 2.18. The van der Waals surface area contributed by atoms with Gasteiger partial charge in [0.2, 0.25) is 0 Å². The van der Waals surface area contributed by atoms with Crippen molar-refractivity contribution < 1.29 is 14.5 Å². The smallest absolute Gasteiger partial charge is 0.296 e. The van der Waals surface area contributed by atoms with Crippen molar-refractivity contribution in [1.29, 1.82) is 0 Å². The van der Waals surface area contributed by atoms with Crippen LogP contribution in [0.1, 0.15) is 15.9 Å². The Morgan fingerprint density at radius 3 is 2.59 bits per heavy atom. The van der Waals surface area contributed by atoms with Crippen LogP contribution in [-0.4, -0.2) is 17.9 Å². The van der Waals surface area contributed by atoms with Crippen molar-refractivity contribution in [2.75, 3.05) is 12.4 Å². The fourth-order valence-corrected chi connectivity index (χ4v) is 2.00. The summed E-state index contributed by atoms with van der Waals surface area (Å²) in [7, 11) is 1.41. The van der Waals surface area contributed by atoms with Crippen molar-refractivity contribution in [3.63, 3.8) is 0 Å². The number of methoxy groups -OCH3 is 1. The number of aryl methyl sites for hydroxylation is 1. The quantitative estimate of drug-likeness (QED) is 0.686. The third kappa shape index (κ3) is 3.35. The average molecular weight is 321 g/mol. The second-order valence-corrected chi connectivity index (χ2v) is 4.97. The Hall–Kier alpha value is -2.60. The standard InChI is InChI=1S/C15H13ClN2O4/c1-9-3-4-10(7-12(9)16)15(19)17-13-6-5-11(22-2)8-14(13)18(20)21/h3-8H,1-2H3,(H,17,19). The summed E-state index contributed by atoms with van der Waals surface area (Å²) in [6, 6.07) is 9.03. The lowest BCUT2D eigenvalue weighted by atomic mass is 10.1. The van der Waals surface area contributed by atoms with Gasteiger partial charge in [-0.05, 0) is 36.8 Å². The predicted octanol–water partition coefficient (Wildman–Crippen LogP) is 3.82. The zero-order valence-electron chi connectivity index (χ0n) is 11.9. The van der Waals surface area contributed by atoms with Crippen molar-refractivity contribution in [1.82, 2.24) is 0 Å². The molecular weight excluding hydrogens is 308 g/mol. The fraction of sp³-hybridized carbons (Fsp3) is 0.133. The first-order valence-electron chi connectivity index (χ1n) is 6.32. The van der Waals surface area contributed by atoms with Crippen LogP contribution in [0.4, 0.5) is 11.4 Å². The molecule has 22 heavy (non-hydrogen) atoms. The Labute approximate surface area is 131 Å². The van der Waals surface area contributed by atoms with Crippen LogP contribution >= 0.6 is 11.6 Å². The van der Waals surface area contributed by atoms with E-state index in [9.17, 15) is 14.9 Å².